The topological polar surface area (TPSA) is 85.8 Å². The van der Waals surface area contributed by atoms with E-state index in [1.807, 2.05) is 30.3 Å². The van der Waals surface area contributed by atoms with Gasteiger partial charge in [-0.1, -0.05) is 49.4 Å². The van der Waals surface area contributed by atoms with Gasteiger partial charge < -0.3 is 11.1 Å². The quantitative estimate of drug-likeness (QED) is 0.810. The van der Waals surface area contributed by atoms with Crippen LogP contribution in [0.4, 0.5) is 0 Å². The summed E-state index contributed by atoms with van der Waals surface area (Å²) in [6.45, 7) is 5.21. The molecule has 3 N–H and O–H groups in total. The molecule has 1 unspecified atom stereocenters. The highest BCUT2D eigenvalue weighted by atomic mass is 16.2. The van der Waals surface area contributed by atoms with Crippen LogP contribution in [-0.4, -0.2) is 33.5 Å². The lowest BCUT2D eigenvalue weighted by molar-refractivity contribution is 0.0928. The number of carbonyl (C=O) groups is 1. The molecule has 0 saturated heterocycles. The van der Waals surface area contributed by atoms with Crippen molar-refractivity contribution >= 4 is 5.91 Å². The highest BCUT2D eigenvalue weighted by Gasteiger charge is 2.16. The number of hydrogen-bond donors (Lipinski definition) is 2. The first kappa shape index (κ1) is 16.2. The molecular formula is C16H23N5O. The molecule has 0 saturated carbocycles. The molecule has 0 spiro atoms. The van der Waals surface area contributed by atoms with Crippen molar-refractivity contribution in [1.29, 1.82) is 0 Å². The maximum atomic E-state index is 12.2. The first-order chi connectivity index (χ1) is 10.6. The fourth-order valence-corrected chi connectivity index (χ4v) is 2.29. The highest BCUT2D eigenvalue weighted by molar-refractivity contribution is 5.92. The first-order valence-corrected chi connectivity index (χ1v) is 7.53. The van der Waals surface area contributed by atoms with Gasteiger partial charge in [-0.2, -0.15) is 0 Å². The second-order valence-corrected chi connectivity index (χ2v) is 5.82. The van der Waals surface area contributed by atoms with E-state index in [0.717, 1.165) is 12.0 Å². The number of hydrogen-bond acceptors (Lipinski definition) is 4. The van der Waals surface area contributed by atoms with Crippen molar-refractivity contribution in [3.8, 4) is 0 Å². The molecule has 0 fully saturated rings. The molecule has 118 valence electrons. The van der Waals surface area contributed by atoms with Crippen LogP contribution in [0.5, 0.6) is 0 Å². The molecule has 2 aromatic rings. The molecule has 0 radical (unpaired) electrons. The van der Waals surface area contributed by atoms with E-state index in [4.69, 9.17) is 5.73 Å². The normalized spacial score (nSPS) is 12.4. The molecule has 0 aliphatic heterocycles. The van der Waals surface area contributed by atoms with Crippen molar-refractivity contribution in [1.82, 2.24) is 20.3 Å². The molecule has 6 nitrogen and oxygen atoms in total. The molecule has 0 bridgehead atoms. The van der Waals surface area contributed by atoms with Crippen molar-refractivity contribution < 1.29 is 4.79 Å². The lowest BCUT2D eigenvalue weighted by Crippen LogP contribution is -2.41. The molecule has 1 atom stereocenters. The maximum absolute atomic E-state index is 12.2. The van der Waals surface area contributed by atoms with Gasteiger partial charge in [0.05, 0.1) is 12.7 Å². The zero-order valence-electron chi connectivity index (χ0n) is 13.1. The van der Waals surface area contributed by atoms with Crippen LogP contribution >= 0.6 is 0 Å². The second kappa shape index (κ2) is 7.70. The van der Waals surface area contributed by atoms with Gasteiger partial charge in [0.25, 0.3) is 5.91 Å². The summed E-state index contributed by atoms with van der Waals surface area (Å²) in [6.07, 6.45) is 2.51. The smallest absolute Gasteiger partial charge is 0.273 e. The molecule has 0 aliphatic rings. The van der Waals surface area contributed by atoms with Crippen LogP contribution in [0.15, 0.2) is 36.5 Å². The van der Waals surface area contributed by atoms with Crippen LogP contribution in [0, 0.1) is 5.92 Å². The lowest BCUT2D eigenvalue weighted by atomic mass is 10.0. The van der Waals surface area contributed by atoms with E-state index in [0.29, 0.717) is 24.7 Å². The second-order valence-electron chi connectivity index (χ2n) is 5.82. The predicted molar refractivity (Wildman–Crippen MR) is 85.3 cm³/mol. The Morgan fingerprint density at radius 2 is 2.05 bits per heavy atom. The van der Waals surface area contributed by atoms with Crippen LogP contribution < -0.4 is 11.1 Å². The number of nitrogens with one attached hydrogen (secondary N) is 1. The summed E-state index contributed by atoms with van der Waals surface area (Å²) in [5.41, 5.74) is 7.13. The molecule has 22 heavy (non-hydrogen) atoms. The fourth-order valence-electron chi connectivity index (χ4n) is 2.29. The van der Waals surface area contributed by atoms with Gasteiger partial charge in [0.2, 0.25) is 0 Å². The summed E-state index contributed by atoms with van der Waals surface area (Å²) < 4.78 is 1.66. The summed E-state index contributed by atoms with van der Waals surface area (Å²) >= 11 is 0. The Bertz CT molecular complexity index is 594. The number of nitrogens with zero attached hydrogens (tertiary/aromatic N) is 3. The zero-order valence-corrected chi connectivity index (χ0v) is 13.1. The molecule has 0 aliphatic carbocycles. The van der Waals surface area contributed by atoms with Crippen molar-refractivity contribution in [2.75, 3.05) is 6.54 Å². The Hall–Kier alpha value is -2.21. The Kier molecular flexibility index (Phi) is 5.66. The summed E-state index contributed by atoms with van der Waals surface area (Å²) in [7, 11) is 0. The van der Waals surface area contributed by atoms with Crippen LogP contribution in [0.3, 0.4) is 0 Å². The minimum Gasteiger partial charge on any atom is -0.347 e. The average Bonchev–Trinajstić information content (AvgIpc) is 2.95. The lowest BCUT2D eigenvalue weighted by Gasteiger charge is -2.17. The molecule has 2 rings (SSSR count). The molecule has 1 heterocycles. The van der Waals surface area contributed by atoms with Crippen LogP contribution in [0.1, 0.15) is 36.3 Å². The van der Waals surface area contributed by atoms with E-state index in [-0.39, 0.29) is 11.9 Å². The number of nitrogens with two attached hydrogens (primary N) is 1. The summed E-state index contributed by atoms with van der Waals surface area (Å²) in [5.74, 6) is 0.248. The van der Waals surface area contributed by atoms with Gasteiger partial charge in [-0.05, 0) is 17.9 Å². The Morgan fingerprint density at radius 3 is 2.68 bits per heavy atom. The fraction of sp³-hybridized carbons (Fsp3) is 0.438. The molecule has 1 aromatic heterocycles. The third-order valence-corrected chi connectivity index (χ3v) is 3.33. The SMILES string of the molecule is CC(C)CC(CN)NC(=O)c1cn(Cc2ccccc2)nn1. The van der Waals surface area contributed by atoms with E-state index < -0.39 is 0 Å². The van der Waals surface area contributed by atoms with E-state index in [1.54, 1.807) is 10.9 Å². The van der Waals surface area contributed by atoms with Crippen LogP contribution in [-0.2, 0) is 6.54 Å². The Labute approximate surface area is 130 Å². The van der Waals surface area contributed by atoms with Gasteiger partial charge >= 0.3 is 0 Å². The average molecular weight is 301 g/mol. The van der Waals surface area contributed by atoms with Crippen LogP contribution in [0.25, 0.3) is 0 Å². The number of benzene rings is 1. The van der Waals surface area contributed by atoms with Gasteiger partial charge in [-0.3, -0.25) is 4.79 Å². The van der Waals surface area contributed by atoms with E-state index >= 15 is 0 Å². The van der Waals surface area contributed by atoms with Gasteiger partial charge in [0, 0.05) is 12.6 Å². The van der Waals surface area contributed by atoms with E-state index in [2.05, 4.69) is 29.5 Å². The number of amides is 1. The minimum atomic E-state index is -0.226. The Morgan fingerprint density at radius 1 is 1.32 bits per heavy atom. The number of aromatic nitrogens is 3. The van der Waals surface area contributed by atoms with Gasteiger partial charge in [-0.15, -0.1) is 5.10 Å². The first-order valence-electron chi connectivity index (χ1n) is 7.53. The van der Waals surface area contributed by atoms with E-state index in [1.165, 1.54) is 0 Å². The third-order valence-electron chi connectivity index (χ3n) is 3.33. The van der Waals surface area contributed by atoms with Crippen LogP contribution in [0.2, 0.25) is 0 Å². The van der Waals surface area contributed by atoms with Crippen molar-refractivity contribution in [3.63, 3.8) is 0 Å². The summed E-state index contributed by atoms with van der Waals surface area (Å²) in [6, 6.07) is 9.88. The Balaban J connectivity index is 1.96. The standard InChI is InChI=1S/C16H23N5O/c1-12(2)8-14(9-17)18-16(22)15-11-21(20-19-15)10-13-6-4-3-5-7-13/h3-7,11-12,14H,8-10,17H2,1-2H3,(H,18,22). The van der Waals surface area contributed by atoms with Crippen molar-refractivity contribution in [2.45, 2.75) is 32.9 Å². The van der Waals surface area contributed by atoms with E-state index in [9.17, 15) is 4.79 Å². The molecule has 6 heteroatoms. The van der Waals surface area contributed by atoms with Gasteiger partial charge in [0.1, 0.15) is 0 Å². The van der Waals surface area contributed by atoms with Gasteiger partial charge in [-0.25, -0.2) is 4.68 Å². The maximum Gasteiger partial charge on any atom is 0.273 e. The largest absolute Gasteiger partial charge is 0.347 e. The third kappa shape index (κ3) is 4.66. The highest BCUT2D eigenvalue weighted by Crippen LogP contribution is 2.05. The van der Waals surface area contributed by atoms with Gasteiger partial charge in [0.15, 0.2) is 5.69 Å². The van der Waals surface area contributed by atoms with Crippen molar-refractivity contribution in [2.24, 2.45) is 11.7 Å². The molecule has 1 aromatic carbocycles. The molecular weight excluding hydrogens is 278 g/mol. The summed E-state index contributed by atoms with van der Waals surface area (Å²) in [5, 5.41) is 10.9. The minimum absolute atomic E-state index is 0.0354. The molecule has 1 amide bonds. The van der Waals surface area contributed by atoms with Crippen molar-refractivity contribution in [3.05, 3.63) is 47.8 Å². The monoisotopic (exact) mass is 301 g/mol. The predicted octanol–water partition coefficient (Wildman–Crippen LogP) is 1.43. The number of rotatable bonds is 7. The zero-order chi connectivity index (χ0) is 15.9. The number of carbonyl (C=O) groups excluding carboxylic acids is 1. The summed E-state index contributed by atoms with van der Waals surface area (Å²) in [4.78, 5) is 12.2.